The Morgan fingerprint density at radius 1 is 1.53 bits per heavy atom. The summed E-state index contributed by atoms with van der Waals surface area (Å²) in [6, 6.07) is 6.15. The van der Waals surface area contributed by atoms with Crippen molar-refractivity contribution in [2.75, 3.05) is 6.54 Å². The van der Waals surface area contributed by atoms with Gasteiger partial charge in [0.2, 0.25) is 0 Å². The van der Waals surface area contributed by atoms with Gasteiger partial charge in [-0.25, -0.2) is 4.79 Å². The molecule has 90 valence electrons. The summed E-state index contributed by atoms with van der Waals surface area (Å²) >= 11 is 0. The van der Waals surface area contributed by atoms with Crippen molar-refractivity contribution in [3.05, 3.63) is 52.1 Å². The first kappa shape index (κ1) is 12.9. The molecule has 0 heterocycles. The average molecular weight is 236 g/mol. The molecule has 0 bridgehead atoms. The number of hydrogen-bond donors (Lipinski definition) is 2. The van der Waals surface area contributed by atoms with E-state index in [9.17, 15) is 14.9 Å². The van der Waals surface area contributed by atoms with Crippen LogP contribution in [0.3, 0.4) is 0 Å². The lowest BCUT2D eigenvalue weighted by molar-refractivity contribution is -0.384. The van der Waals surface area contributed by atoms with Crippen molar-refractivity contribution in [1.82, 2.24) is 5.32 Å². The monoisotopic (exact) mass is 236 g/mol. The molecule has 17 heavy (non-hydrogen) atoms. The number of non-ortho nitro benzene ring substituents is 1. The van der Waals surface area contributed by atoms with E-state index in [1.54, 1.807) is 12.1 Å². The third kappa shape index (κ3) is 4.04. The maximum Gasteiger partial charge on any atom is 0.332 e. The molecular formula is C11H12N2O4. The highest BCUT2D eigenvalue weighted by molar-refractivity contribution is 5.86. The second kappa shape index (κ2) is 5.76. The van der Waals surface area contributed by atoms with Gasteiger partial charge in [-0.05, 0) is 5.56 Å². The van der Waals surface area contributed by atoms with Crippen LogP contribution in [0.2, 0.25) is 0 Å². The maximum absolute atomic E-state index is 10.5. The van der Waals surface area contributed by atoms with Gasteiger partial charge >= 0.3 is 5.97 Å². The standard InChI is InChI=1S/C11H12N2O4/c1-8(11(14)15)6-12-7-9-3-2-4-10(5-9)13(16)17/h2-5,12H,1,6-7H2,(H,14,15). The summed E-state index contributed by atoms with van der Waals surface area (Å²) in [6.07, 6.45) is 0. The Balaban J connectivity index is 2.52. The number of nitrogens with one attached hydrogen (secondary N) is 1. The summed E-state index contributed by atoms with van der Waals surface area (Å²) in [4.78, 5) is 20.5. The van der Waals surface area contributed by atoms with Gasteiger partial charge in [-0.2, -0.15) is 0 Å². The Morgan fingerprint density at radius 2 is 2.24 bits per heavy atom. The van der Waals surface area contributed by atoms with Crippen LogP contribution in [0.25, 0.3) is 0 Å². The van der Waals surface area contributed by atoms with Crippen LogP contribution in [0.4, 0.5) is 5.69 Å². The van der Waals surface area contributed by atoms with Crippen LogP contribution in [0.15, 0.2) is 36.4 Å². The second-order valence-corrected chi connectivity index (χ2v) is 3.44. The third-order valence-electron chi connectivity index (χ3n) is 2.09. The topological polar surface area (TPSA) is 92.5 Å². The zero-order valence-electron chi connectivity index (χ0n) is 9.05. The molecular weight excluding hydrogens is 224 g/mol. The van der Waals surface area contributed by atoms with Crippen molar-refractivity contribution in [3.8, 4) is 0 Å². The van der Waals surface area contributed by atoms with Crippen LogP contribution in [-0.4, -0.2) is 22.5 Å². The number of carbonyl (C=O) groups is 1. The Kier molecular flexibility index (Phi) is 4.36. The molecule has 0 saturated carbocycles. The van der Waals surface area contributed by atoms with Crippen LogP contribution in [-0.2, 0) is 11.3 Å². The molecule has 0 amide bonds. The van der Waals surface area contributed by atoms with E-state index in [1.165, 1.54) is 12.1 Å². The van der Waals surface area contributed by atoms with E-state index in [0.29, 0.717) is 6.54 Å². The number of hydrogen-bond acceptors (Lipinski definition) is 4. The van der Waals surface area contributed by atoms with Gasteiger partial charge in [0.15, 0.2) is 0 Å². The van der Waals surface area contributed by atoms with E-state index in [0.717, 1.165) is 5.56 Å². The van der Waals surface area contributed by atoms with Crippen LogP contribution in [0.5, 0.6) is 0 Å². The summed E-state index contributed by atoms with van der Waals surface area (Å²) in [6.45, 7) is 3.85. The Labute approximate surface area is 97.7 Å². The normalized spacial score (nSPS) is 9.88. The van der Waals surface area contributed by atoms with Gasteiger partial charge in [0.25, 0.3) is 5.69 Å². The third-order valence-corrected chi connectivity index (χ3v) is 2.09. The number of nitrogens with zero attached hydrogens (tertiary/aromatic N) is 1. The molecule has 6 nitrogen and oxygen atoms in total. The first-order valence-corrected chi connectivity index (χ1v) is 4.86. The molecule has 0 aromatic heterocycles. The Bertz CT molecular complexity index is 457. The number of rotatable bonds is 6. The first-order chi connectivity index (χ1) is 8.00. The van der Waals surface area contributed by atoms with Crippen LogP contribution < -0.4 is 5.32 Å². The molecule has 0 unspecified atom stereocenters. The highest BCUT2D eigenvalue weighted by atomic mass is 16.6. The minimum absolute atomic E-state index is 0.0151. The number of nitro benzene ring substituents is 1. The van der Waals surface area contributed by atoms with Gasteiger partial charge in [0, 0.05) is 30.8 Å². The van der Waals surface area contributed by atoms with E-state index < -0.39 is 10.9 Å². The summed E-state index contributed by atoms with van der Waals surface area (Å²) in [7, 11) is 0. The van der Waals surface area contributed by atoms with Crippen molar-refractivity contribution in [1.29, 1.82) is 0 Å². The molecule has 0 aliphatic rings. The molecule has 0 saturated heterocycles. The van der Waals surface area contributed by atoms with Gasteiger partial charge in [-0.15, -0.1) is 0 Å². The molecule has 6 heteroatoms. The molecule has 1 rings (SSSR count). The van der Waals surface area contributed by atoms with E-state index in [2.05, 4.69) is 11.9 Å². The van der Waals surface area contributed by atoms with Gasteiger partial charge in [0.1, 0.15) is 0 Å². The van der Waals surface area contributed by atoms with Crippen LogP contribution in [0, 0.1) is 10.1 Å². The zero-order chi connectivity index (χ0) is 12.8. The molecule has 0 atom stereocenters. The molecule has 1 aromatic rings. The van der Waals surface area contributed by atoms with Crippen LogP contribution in [0.1, 0.15) is 5.56 Å². The quantitative estimate of drug-likeness (QED) is 0.441. The number of carboxylic acid groups (broad SMARTS) is 1. The largest absolute Gasteiger partial charge is 0.478 e. The Morgan fingerprint density at radius 3 is 2.82 bits per heavy atom. The Hall–Kier alpha value is -2.21. The number of aliphatic carboxylic acids is 1. The fraction of sp³-hybridized carbons (Fsp3) is 0.182. The maximum atomic E-state index is 10.5. The predicted molar refractivity (Wildman–Crippen MR) is 61.6 cm³/mol. The molecule has 0 aliphatic heterocycles. The minimum atomic E-state index is -1.06. The van der Waals surface area contributed by atoms with E-state index >= 15 is 0 Å². The number of benzene rings is 1. The zero-order valence-corrected chi connectivity index (χ0v) is 9.05. The molecule has 0 aliphatic carbocycles. The van der Waals surface area contributed by atoms with Gasteiger partial charge < -0.3 is 10.4 Å². The SMILES string of the molecule is C=C(CNCc1cccc([N+](=O)[O-])c1)C(=O)O. The van der Waals surface area contributed by atoms with E-state index in [-0.39, 0.29) is 17.8 Å². The highest BCUT2D eigenvalue weighted by Crippen LogP contribution is 2.12. The number of nitro groups is 1. The lowest BCUT2D eigenvalue weighted by Gasteiger charge is -2.04. The van der Waals surface area contributed by atoms with Crippen molar-refractivity contribution in [2.45, 2.75) is 6.54 Å². The van der Waals surface area contributed by atoms with Crippen LogP contribution >= 0.6 is 0 Å². The summed E-state index contributed by atoms with van der Waals surface area (Å²) < 4.78 is 0. The van der Waals surface area contributed by atoms with E-state index in [4.69, 9.17) is 5.11 Å². The predicted octanol–water partition coefficient (Wildman–Crippen LogP) is 1.33. The fourth-order valence-corrected chi connectivity index (χ4v) is 1.21. The summed E-state index contributed by atoms with van der Waals surface area (Å²) in [5.41, 5.74) is 0.786. The van der Waals surface area contributed by atoms with Crippen molar-refractivity contribution in [2.24, 2.45) is 0 Å². The lowest BCUT2D eigenvalue weighted by atomic mass is 10.2. The smallest absolute Gasteiger partial charge is 0.332 e. The summed E-state index contributed by atoms with van der Waals surface area (Å²) in [5.74, 6) is -1.06. The molecule has 1 aromatic carbocycles. The molecule has 2 N–H and O–H groups in total. The van der Waals surface area contributed by atoms with Crippen molar-refractivity contribution >= 4 is 11.7 Å². The van der Waals surface area contributed by atoms with Gasteiger partial charge in [-0.1, -0.05) is 18.7 Å². The molecule has 0 fully saturated rings. The van der Waals surface area contributed by atoms with Gasteiger partial charge in [0.05, 0.1) is 4.92 Å². The average Bonchev–Trinajstić information content (AvgIpc) is 2.29. The molecule has 0 spiro atoms. The minimum Gasteiger partial charge on any atom is -0.478 e. The lowest BCUT2D eigenvalue weighted by Crippen LogP contribution is -2.19. The first-order valence-electron chi connectivity index (χ1n) is 4.86. The van der Waals surface area contributed by atoms with E-state index in [1.807, 2.05) is 0 Å². The van der Waals surface area contributed by atoms with Crippen molar-refractivity contribution in [3.63, 3.8) is 0 Å². The molecule has 0 radical (unpaired) electrons. The number of carboxylic acids is 1. The van der Waals surface area contributed by atoms with Crippen molar-refractivity contribution < 1.29 is 14.8 Å². The second-order valence-electron chi connectivity index (χ2n) is 3.44. The fourth-order valence-electron chi connectivity index (χ4n) is 1.21. The highest BCUT2D eigenvalue weighted by Gasteiger charge is 2.06. The summed E-state index contributed by atoms with van der Waals surface area (Å²) in [5, 5.41) is 21.9. The van der Waals surface area contributed by atoms with Gasteiger partial charge in [-0.3, -0.25) is 10.1 Å².